The minimum absolute atomic E-state index is 0.0377. The van der Waals surface area contributed by atoms with Crippen molar-refractivity contribution in [2.24, 2.45) is 5.92 Å². The molecule has 0 bridgehead atoms. The maximum Gasteiger partial charge on any atom is 0.255 e. The van der Waals surface area contributed by atoms with E-state index in [4.69, 9.17) is 23.2 Å². The van der Waals surface area contributed by atoms with Gasteiger partial charge in [-0.15, -0.1) is 0 Å². The molecule has 0 unspecified atom stereocenters. The molecule has 0 saturated carbocycles. The van der Waals surface area contributed by atoms with Crippen molar-refractivity contribution in [3.8, 4) is 0 Å². The fourth-order valence-corrected chi connectivity index (χ4v) is 3.61. The summed E-state index contributed by atoms with van der Waals surface area (Å²) in [7, 11) is 0. The molecule has 154 valence electrons. The second-order valence-electron chi connectivity index (χ2n) is 7.31. The molecule has 8 heteroatoms. The van der Waals surface area contributed by atoms with Crippen LogP contribution in [0.5, 0.6) is 0 Å². The summed E-state index contributed by atoms with van der Waals surface area (Å²) >= 11 is 12.1. The maximum atomic E-state index is 12.9. The van der Waals surface area contributed by atoms with Crippen LogP contribution in [0.4, 0.5) is 11.5 Å². The Morgan fingerprint density at radius 2 is 1.86 bits per heavy atom. The molecule has 0 radical (unpaired) electrons. The first kappa shape index (κ1) is 21.4. The molecule has 1 aliphatic heterocycles. The van der Waals surface area contributed by atoms with Crippen molar-refractivity contribution in [3.05, 3.63) is 52.1 Å². The van der Waals surface area contributed by atoms with E-state index in [1.165, 1.54) is 0 Å². The molecule has 6 nitrogen and oxygen atoms in total. The van der Waals surface area contributed by atoms with Gasteiger partial charge in [-0.05, 0) is 36.8 Å². The van der Waals surface area contributed by atoms with E-state index in [-0.39, 0.29) is 17.7 Å². The van der Waals surface area contributed by atoms with Gasteiger partial charge in [-0.25, -0.2) is 4.98 Å². The van der Waals surface area contributed by atoms with Gasteiger partial charge in [0, 0.05) is 37.1 Å². The van der Waals surface area contributed by atoms with Crippen LogP contribution in [0.1, 0.15) is 30.6 Å². The van der Waals surface area contributed by atoms with Crippen LogP contribution in [-0.2, 0) is 4.79 Å². The molecule has 1 fully saturated rings. The van der Waals surface area contributed by atoms with Gasteiger partial charge in [-0.1, -0.05) is 37.0 Å². The molecule has 1 saturated heterocycles. The quantitative estimate of drug-likeness (QED) is 0.776. The zero-order chi connectivity index (χ0) is 21.0. The third kappa shape index (κ3) is 5.40. The first-order valence-electron chi connectivity index (χ1n) is 9.61. The first-order chi connectivity index (χ1) is 13.8. The van der Waals surface area contributed by atoms with Crippen molar-refractivity contribution in [2.45, 2.75) is 20.3 Å². The number of pyridine rings is 1. The van der Waals surface area contributed by atoms with Crippen LogP contribution in [0.3, 0.4) is 0 Å². The highest BCUT2D eigenvalue weighted by Gasteiger charge is 2.22. The van der Waals surface area contributed by atoms with Crippen LogP contribution >= 0.6 is 23.2 Å². The van der Waals surface area contributed by atoms with Gasteiger partial charge < -0.3 is 15.1 Å². The summed E-state index contributed by atoms with van der Waals surface area (Å²) < 4.78 is 0. The summed E-state index contributed by atoms with van der Waals surface area (Å²) in [6, 6.07) is 8.67. The minimum atomic E-state index is -0.0896. The van der Waals surface area contributed by atoms with Crippen molar-refractivity contribution >= 4 is 46.5 Å². The van der Waals surface area contributed by atoms with Crippen LogP contribution in [0.2, 0.25) is 10.0 Å². The third-order valence-electron chi connectivity index (χ3n) is 4.81. The van der Waals surface area contributed by atoms with E-state index in [2.05, 4.69) is 15.2 Å². The number of rotatable bonds is 4. The fourth-order valence-electron chi connectivity index (χ4n) is 3.12. The van der Waals surface area contributed by atoms with Gasteiger partial charge in [0.2, 0.25) is 5.91 Å². The predicted molar refractivity (Wildman–Crippen MR) is 117 cm³/mol. The van der Waals surface area contributed by atoms with Crippen LogP contribution in [0, 0.1) is 5.92 Å². The third-order valence-corrected chi connectivity index (χ3v) is 5.36. The molecule has 0 aliphatic carbocycles. The van der Waals surface area contributed by atoms with E-state index in [0.29, 0.717) is 40.9 Å². The summed E-state index contributed by atoms with van der Waals surface area (Å²) in [4.78, 5) is 33.1. The Hall–Kier alpha value is -2.31. The number of anilines is 2. The van der Waals surface area contributed by atoms with Crippen LogP contribution in [0.25, 0.3) is 0 Å². The highest BCUT2D eigenvalue weighted by Crippen LogP contribution is 2.23. The number of hydrogen-bond acceptors (Lipinski definition) is 4. The molecule has 0 atom stereocenters. The zero-order valence-corrected chi connectivity index (χ0v) is 18.0. The second-order valence-corrected chi connectivity index (χ2v) is 8.15. The smallest absolute Gasteiger partial charge is 0.255 e. The number of benzene rings is 1. The van der Waals surface area contributed by atoms with E-state index in [9.17, 15) is 9.59 Å². The van der Waals surface area contributed by atoms with Gasteiger partial charge in [0.15, 0.2) is 0 Å². The number of amides is 2. The second kappa shape index (κ2) is 9.46. The Labute approximate surface area is 180 Å². The Bertz CT molecular complexity index is 887. The molecule has 1 aliphatic rings. The monoisotopic (exact) mass is 434 g/mol. The van der Waals surface area contributed by atoms with Crippen LogP contribution < -0.4 is 10.2 Å². The number of hydrogen-bond donors (Lipinski definition) is 1. The van der Waals surface area contributed by atoms with Gasteiger partial charge in [-0.3, -0.25) is 9.59 Å². The lowest BCUT2D eigenvalue weighted by Gasteiger charge is -2.23. The number of nitrogens with one attached hydrogen (secondary N) is 1. The van der Waals surface area contributed by atoms with Gasteiger partial charge >= 0.3 is 0 Å². The average molecular weight is 435 g/mol. The van der Waals surface area contributed by atoms with Crippen molar-refractivity contribution in [1.29, 1.82) is 0 Å². The Morgan fingerprint density at radius 1 is 1.07 bits per heavy atom. The topological polar surface area (TPSA) is 65.5 Å². The summed E-state index contributed by atoms with van der Waals surface area (Å²) in [6.07, 6.45) is 2.49. The number of carbonyl (C=O) groups is 2. The van der Waals surface area contributed by atoms with Crippen molar-refractivity contribution < 1.29 is 9.59 Å². The van der Waals surface area contributed by atoms with E-state index >= 15 is 0 Å². The Kier molecular flexibility index (Phi) is 6.98. The standard InChI is InChI=1S/C21H24Cl2N4O2/c1-14(2)20(28)25-16-5-7-19(24-13-16)26-8-3-9-27(11-10-26)21(29)17-6-4-15(22)12-18(17)23/h4-7,12-14H,3,8-11H2,1-2H3,(H,25,28). The largest absolute Gasteiger partial charge is 0.355 e. The van der Waals surface area contributed by atoms with Crippen molar-refractivity contribution in [1.82, 2.24) is 9.88 Å². The molecule has 2 aromatic rings. The Morgan fingerprint density at radius 3 is 2.52 bits per heavy atom. The molecule has 29 heavy (non-hydrogen) atoms. The molecule has 1 aromatic carbocycles. The summed E-state index contributed by atoms with van der Waals surface area (Å²) in [5.74, 6) is 0.613. The van der Waals surface area contributed by atoms with E-state index in [0.717, 1.165) is 18.8 Å². The maximum absolute atomic E-state index is 12.9. The lowest BCUT2D eigenvalue weighted by atomic mass is 10.2. The SMILES string of the molecule is CC(C)C(=O)Nc1ccc(N2CCCN(C(=O)c3ccc(Cl)cc3Cl)CC2)nc1. The molecule has 1 N–H and O–H groups in total. The number of nitrogens with zero attached hydrogens (tertiary/aromatic N) is 3. The number of halogens is 2. The summed E-state index contributed by atoms with van der Waals surface area (Å²) in [5, 5.41) is 3.71. The zero-order valence-electron chi connectivity index (χ0n) is 16.5. The lowest BCUT2D eigenvalue weighted by molar-refractivity contribution is -0.118. The van der Waals surface area contributed by atoms with Crippen molar-refractivity contribution in [2.75, 3.05) is 36.4 Å². The molecule has 3 rings (SSSR count). The normalized spacial score (nSPS) is 14.7. The first-order valence-corrected chi connectivity index (χ1v) is 10.4. The molecular weight excluding hydrogens is 411 g/mol. The predicted octanol–water partition coefficient (Wildman–Crippen LogP) is 4.34. The van der Waals surface area contributed by atoms with Gasteiger partial charge in [0.25, 0.3) is 5.91 Å². The van der Waals surface area contributed by atoms with Crippen LogP contribution in [-0.4, -0.2) is 47.9 Å². The van der Waals surface area contributed by atoms with Crippen LogP contribution in [0.15, 0.2) is 36.5 Å². The van der Waals surface area contributed by atoms with Gasteiger partial charge in [0.05, 0.1) is 22.5 Å². The summed E-state index contributed by atoms with van der Waals surface area (Å²) in [5.41, 5.74) is 1.14. The fraction of sp³-hybridized carbons (Fsp3) is 0.381. The van der Waals surface area contributed by atoms with Crippen molar-refractivity contribution in [3.63, 3.8) is 0 Å². The minimum Gasteiger partial charge on any atom is -0.355 e. The highest BCUT2D eigenvalue weighted by atomic mass is 35.5. The van der Waals surface area contributed by atoms with Gasteiger partial charge in [0.1, 0.15) is 5.82 Å². The molecule has 0 spiro atoms. The van der Waals surface area contributed by atoms with Gasteiger partial charge in [-0.2, -0.15) is 0 Å². The van der Waals surface area contributed by atoms with E-state index in [1.807, 2.05) is 30.9 Å². The average Bonchev–Trinajstić information content (AvgIpc) is 2.94. The molecule has 2 amide bonds. The van der Waals surface area contributed by atoms with E-state index in [1.54, 1.807) is 24.4 Å². The molecule has 2 heterocycles. The highest BCUT2D eigenvalue weighted by molar-refractivity contribution is 6.36. The number of aromatic nitrogens is 1. The lowest BCUT2D eigenvalue weighted by Crippen LogP contribution is -2.35. The molecule has 1 aromatic heterocycles. The van der Waals surface area contributed by atoms with E-state index < -0.39 is 0 Å². The molecular formula is C21H24Cl2N4O2. The Balaban J connectivity index is 1.63. The number of carbonyl (C=O) groups excluding carboxylic acids is 2. The summed E-state index contributed by atoms with van der Waals surface area (Å²) in [6.45, 7) is 6.38.